The number of ether oxygens (including phenoxy) is 1. The van der Waals surface area contributed by atoms with E-state index in [1.165, 1.54) is 10.8 Å². The lowest BCUT2D eigenvalue weighted by atomic mass is 10.1. The summed E-state index contributed by atoms with van der Waals surface area (Å²) in [5, 5.41) is 8.66. The molecule has 4 aromatic rings. The molecule has 0 saturated heterocycles. The average Bonchev–Trinajstić information content (AvgIpc) is 2.87. The number of rotatable bonds is 3. The van der Waals surface area contributed by atoms with Crippen molar-refractivity contribution in [2.24, 2.45) is 0 Å². The lowest BCUT2D eigenvalue weighted by Crippen LogP contribution is -2.10. The van der Waals surface area contributed by atoms with Crippen LogP contribution in [0.1, 0.15) is 15.9 Å². The summed E-state index contributed by atoms with van der Waals surface area (Å²) in [6.45, 7) is 0.460. The van der Waals surface area contributed by atoms with Crippen LogP contribution in [0.4, 0.5) is 17.1 Å². The van der Waals surface area contributed by atoms with Gasteiger partial charge < -0.3 is 15.4 Å². The van der Waals surface area contributed by atoms with Crippen molar-refractivity contribution in [2.75, 3.05) is 10.6 Å². The minimum Gasteiger partial charge on any atom is -0.489 e. The molecule has 28 heavy (non-hydrogen) atoms. The van der Waals surface area contributed by atoms with Crippen LogP contribution in [0.2, 0.25) is 0 Å². The fraction of sp³-hybridized carbons (Fsp3) is 0.0417. The zero-order valence-electron chi connectivity index (χ0n) is 15.1. The first-order valence-electron chi connectivity index (χ1n) is 9.19. The van der Waals surface area contributed by atoms with Crippen molar-refractivity contribution in [1.29, 1.82) is 0 Å². The Bertz CT molecular complexity index is 1190. The highest BCUT2D eigenvalue weighted by atomic mass is 16.5. The molecule has 0 radical (unpaired) electrons. The third-order valence-electron chi connectivity index (χ3n) is 4.95. The van der Waals surface area contributed by atoms with E-state index in [4.69, 9.17) is 4.74 Å². The maximum Gasteiger partial charge on any atom is 0.257 e. The SMILES string of the molecule is O=C1Nc2cc(OCc3cccc4ccccc34)ccc2Nc2ccccc21. The minimum atomic E-state index is -0.131. The smallest absolute Gasteiger partial charge is 0.257 e. The molecule has 0 aromatic heterocycles. The zero-order chi connectivity index (χ0) is 18.9. The molecule has 4 nitrogen and oxygen atoms in total. The van der Waals surface area contributed by atoms with Crippen LogP contribution in [0.25, 0.3) is 10.8 Å². The summed E-state index contributed by atoms with van der Waals surface area (Å²) in [5.41, 5.74) is 4.09. The monoisotopic (exact) mass is 366 g/mol. The average molecular weight is 366 g/mol. The van der Waals surface area contributed by atoms with Crippen LogP contribution in [0.5, 0.6) is 5.75 Å². The number of carbonyl (C=O) groups excluding carboxylic acids is 1. The van der Waals surface area contributed by atoms with Gasteiger partial charge in [0.05, 0.1) is 22.6 Å². The fourth-order valence-corrected chi connectivity index (χ4v) is 3.53. The normalized spacial score (nSPS) is 12.4. The first-order chi connectivity index (χ1) is 13.8. The predicted molar refractivity (Wildman–Crippen MR) is 112 cm³/mol. The summed E-state index contributed by atoms with van der Waals surface area (Å²) in [4.78, 5) is 12.5. The molecular formula is C24H18N2O2. The number of benzene rings is 4. The van der Waals surface area contributed by atoms with E-state index in [1.54, 1.807) is 0 Å². The Morgan fingerprint density at radius 2 is 1.54 bits per heavy atom. The summed E-state index contributed by atoms with van der Waals surface area (Å²) in [6, 6.07) is 27.7. The van der Waals surface area contributed by atoms with Gasteiger partial charge in [0.15, 0.2) is 0 Å². The van der Waals surface area contributed by atoms with Gasteiger partial charge in [-0.1, -0.05) is 54.6 Å². The van der Waals surface area contributed by atoms with Crippen LogP contribution < -0.4 is 15.4 Å². The van der Waals surface area contributed by atoms with E-state index in [0.29, 0.717) is 23.6 Å². The van der Waals surface area contributed by atoms with Crippen LogP contribution in [0.3, 0.4) is 0 Å². The second-order valence-electron chi connectivity index (χ2n) is 6.76. The first-order valence-corrected chi connectivity index (χ1v) is 9.19. The molecule has 0 bridgehead atoms. The standard InChI is InChI=1S/C24H18N2O2/c27-24-20-10-3-4-11-21(20)25-22-13-12-18(14-23(22)26-24)28-15-17-8-5-7-16-6-1-2-9-19(16)17/h1-14,25H,15H2,(H,26,27). The Hall–Kier alpha value is -3.79. The Labute approximate surface area is 162 Å². The molecule has 1 aliphatic rings. The number of amides is 1. The summed E-state index contributed by atoms with van der Waals surface area (Å²) < 4.78 is 6.04. The Morgan fingerprint density at radius 3 is 2.50 bits per heavy atom. The number of hydrogen-bond donors (Lipinski definition) is 2. The molecule has 0 unspecified atom stereocenters. The number of para-hydroxylation sites is 1. The highest BCUT2D eigenvalue weighted by Crippen LogP contribution is 2.34. The van der Waals surface area contributed by atoms with Crippen molar-refractivity contribution in [3.8, 4) is 5.75 Å². The van der Waals surface area contributed by atoms with Gasteiger partial charge in [-0.05, 0) is 40.6 Å². The summed E-state index contributed by atoms with van der Waals surface area (Å²) in [6.07, 6.45) is 0. The maximum atomic E-state index is 12.5. The van der Waals surface area contributed by atoms with Gasteiger partial charge in [0.1, 0.15) is 12.4 Å². The molecule has 0 atom stereocenters. The Morgan fingerprint density at radius 1 is 0.714 bits per heavy atom. The van der Waals surface area contributed by atoms with Crippen LogP contribution in [0, 0.1) is 0 Å². The zero-order valence-corrected chi connectivity index (χ0v) is 15.1. The third kappa shape index (κ3) is 2.95. The lowest BCUT2D eigenvalue weighted by Gasteiger charge is -2.13. The van der Waals surface area contributed by atoms with E-state index in [-0.39, 0.29) is 5.91 Å². The van der Waals surface area contributed by atoms with Gasteiger partial charge in [0, 0.05) is 6.07 Å². The highest BCUT2D eigenvalue weighted by Gasteiger charge is 2.18. The number of fused-ring (bicyclic) bond motifs is 3. The molecular weight excluding hydrogens is 348 g/mol. The third-order valence-corrected chi connectivity index (χ3v) is 4.95. The summed E-state index contributed by atoms with van der Waals surface area (Å²) in [7, 11) is 0. The fourth-order valence-electron chi connectivity index (χ4n) is 3.53. The summed E-state index contributed by atoms with van der Waals surface area (Å²) >= 11 is 0. The van der Waals surface area contributed by atoms with Gasteiger partial charge in [-0.2, -0.15) is 0 Å². The van der Waals surface area contributed by atoms with Crippen LogP contribution in [-0.4, -0.2) is 5.91 Å². The van der Waals surface area contributed by atoms with Gasteiger partial charge in [0.25, 0.3) is 5.91 Å². The Kier molecular flexibility index (Phi) is 3.95. The van der Waals surface area contributed by atoms with Crippen molar-refractivity contribution in [2.45, 2.75) is 6.61 Å². The molecule has 0 aliphatic carbocycles. The second kappa shape index (κ2) is 6.74. The van der Waals surface area contributed by atoms with E-state index >= 15 is 0 Å². The topological polar surface area (TPSA) is 50.4 Å². The molecule has 4 heteroatoms. The molecule has 1 aliphatic heterocycles. The molecule has 1 amide bonds. The van der Waals surface area contributed by atoms with Crippen LogP contribution in [0.15, 0.2) is 84.9 Å². The minimum absolute atomic E-state index is 0.131. The predicted octanol–water partition coefficient (Wildman–Crippen LogP) is 5.73. The molecule has 0 fully saturated rings. The van der Waals surface area contributed by atoms with Crippen LogP contribution >= 0.6 is 0 Å². The lowest BCUT2D eigenvalue weighted by molar-refractivity contribution is 0.102. The van der Waals surface area contributed by atoms with Crippen molar-refractivity contribution >= 4 is 33.7 Å². The molecule has 0 saturated carbocycles. The van der Waals surface area contributed by atoms with Gasteiger partial charge in [-0.3, -0.25) is 4.79 Å². The van der Waals surface area contributed by atoms with Crippen LogP contribution in [-0.2, 0) is 6.61 Å². The number of nitrogens with one attached hydrogen (secondary N) is 2. The Balaban J connectivity index is 1.41. The quantitative estimate of drug-likeness (QED) is 0.487. The van der Waals surface area contributed by atoms with Crippen molar-refractivity contribution in [3.63, 3.8) is 0 Å². The van der Waals surface area contributed by atoms with Gasteiger partial charge in [-0.25, -0.2) is 0 Å². The summed E-state index contributed by atoms with van der Waals surface area (Å²) in [5.74, 6) is 0.577. The van der Waals surface area contributed by atoms with Crippen molar-refractivity contribution in [1.82, 2.24) is 0 Å². The van der Waals surface area contributed by atoms with E-state index in [2.05, 4.69) is 34.9 Å². The first kappa shape index (κ1) is 16.4. The van der Waals surface area contributed by atoms with E-state index in [0.717, 1.165) is 16.9 Å². The van der Waals surface area contributed by atoms with Crippen molar-refractivity contribution < 1.29 is 9.53 Å². The largest absolute Gasteiger partial charge is 0.489 e. The van der Waals surface area contributed by atoms with E-state index in [1.807, 2.05) is 60.7 Å². The molecule has 0 spiro atoms. The molecule has 5 rings (SSSR count). The highest BCUT2D eigenvalue weighted by molar-refractivity contribution is 6.12. The second-order valence-corrected chi connectivity index (χ2v) is 6.76. The van der Waals surface area contributed by atoms with E-state index in [9.17, 15) is 4.79 Å². The number of hydrogen-bond acceptors (Lipinski definition) is 3. The van der Waals surface area contributed by atoms with Gasteiger partial charge in [0.2, 0.25) is 0 Å². The number of anilines is 3. The molecule has 1 heterocycles. The molecule has 136 valence electrons. The van der Waals surface area contributed by atoms with E-state index < -0.39 is 0 Å². The maximum absolute atomic E-state index is 12.5. The van der Waals surface area contributed by atoms with Crippen molar-refractivity contribution in [3.05, 3.63) is 96.1 Å². The van der Waals surface area contributed by atoms with Gasteiger partial charge in [-0.15, -0.1) is 0 Å². The number of carbonyl (C=O) groups is 1. The molecule has 2 N–H and O–H groups in total. The van der Waals surface area contributed by atoms with Gasteiger partial charge >= 0.3 is 0 Å². The molecule has 4 aromatic carbocycles.